The Morgan fingerprint density at radius 2 is 1.64 bits per heavy atom. The molecule has 25 heavy (non-hydrogen) atoms. The minimum atomic E-state index is -1.67. The van der Waals surface area contributed by atoms with Crippen molar-refractivity contribution in [2.75, 3.05) is 7.11 Å². The van der Waals surface area contributed by atoms with Gasteiger partial charge in [0.25, 0.3) is 0 Å². The molecule has 3 heteroatoms. The highest BCUT2D eigenvalue weighted by atomic mass is 28.3. The van der Waals surface area contributed by atoms with Crippen molar-refractivity contribution in [2.24, 2.45) is 0 Å². The molecule has 0 saturated heterocycles. The monoisotopic (exact) mass is 353 g/mol. The van der Waals surface area contributed by atoms with Gasteiger partial charge < -0.3 is 4.74 Å². The van der Waals surface area contributed by atoms with Gasteiger partial charge >= 0.3 is 0 Å². The summed E-state index contributed by atoms with van der Waals surface area (Å²) in [6.07, 6.45) is 2.59. The van der Waals surface area contributed by atoms with E-state index in [1.807, 2.05) is 18.3 Å². The van der Waals surface area contributed by atoms with Gasteiger partial charge in [-0.05, 0) is 40.4 Å². The normalized spacial score (nSPS) is 11.9. The second-order valence-corrected chi connectivity index (χ2v) is 13.3. The molecule has 0 saturated carbocycles. The molecule has 1 aromatic heterocycles. The van der Waals surface area contributed by atoms with Gasteiger partial charge in [0.2, 0.25) is 0 Å². The Bertz CT molecular complexity index is 762. The van der Waals surface area contributed by atoms with Crippen molar-refractivity contribution in [1.29, 1.82) is 0 Å². The van der Waals surface area contributed by atoms with Crippen molar-refractivity contribution in [1.82, 2.24) is 4.98 Å². The molecule has 2 nitrogen and oxygen atoms in total. The lowest BCUT2D eigenvalue weighted by Gasteiger charge is -2.38. The van der Waals surface area contributed by atoms with Gasteiger partial charge in [0.1, 0.15) is 13.8 Å². The van der Waals surface area contributed by atoms with Crippen LogP contribution in [0.1, 0.15) is 47.1 Å². The molecule has 1 aromatic carbocycles. The van der Waals surface area contributed by atoms with Crippen LogP contribution in [0.3, 0.4) is 0 Å². The van der Waals surface area contributed by atoms with E-state index >= 15 is 0 Å². The third-order valence-electron chi connectivity index (χ3n) is 5.48. The lowest BCUT2D eigenvalue weighted by molar-refractivity contribution is 0.419. The van der Waals surface area contributed by atoms with E-state index < -0.39 is 8.07 Å². The topological polar surface area (TPSA) is 22.1 Å². The highest BCUT2D eigenvalue weighted by Crippen LogP contribution is 2.40. The number of hydrogen-bond acceptors (Lipinski definition) is 2. The quantitative estimate of drug-likeness (QED) is 0.485. The van der Waals surface area contributed by atoms with E-state index in [1.54, 1.807) is 7.11 Å². The summed E-state index contributed by atoms with van der Waals surface area (Å²) in [6, 6.07) is 8.15. The van der Waals surface area contributed by atoms with Crippen molar-refractivity contribution in [3.63, 3.8) is 0 Å². The SMILES string of the molecule is COc1ccc(CC#C[Si](C(C)C)(C(C)C)C(C)C)c2ncccc12. The fraction of sp³-hybridized carbons (Fsp3) is 0.500. The van der Waals surface area contributed by atoms with Crippen LogP contribution in [0.2, 0.25) is 16.6 Å². The summed E-state index contributed by atoms with van der Waals surface area (Å²) >= 11 is 0. The number of hydrogen-bond donors (Lipinski definition) is 0. The largest absolute Gasteiger partial charge is 0.496 e. The Labute approximate surface area is 154 Å². The second-order valence-electron chi connectivity index (χ2n) is 7.70. The summed E-state index contributed by atoms with van der Waals surface area (Å²) in [4.78, 5) is 4.57. The number of nitrogens with zero attached hydrogens (tertiary/aromatic N) is 1. The average molecular weight is 354 g/mol. The third kappa shape index (κ3) is 3.74. The van der Waals surface area contributed by atoms with Gasteiger partial charge in [-0.3, -0.25) is 4.98 Å². The molecule has 0 atom stereocenters. The van der Waals surface area contributed by atoms with Crippen LogP contribution >= 0.6 is 0 Å². The summed E-state index contributed by atoms with van der Waals surface area (Å²) in [7, 11) is 0.0305. The predicted octanol–water partition coefficient (Wildman–Crippen LogP) is 6.01. The first kappa shape index (κ1) is 19.5. The smallest absolute Gasteiger partial charge is 0.145 e. The van der Waals surface area contributed by atoms with Crippen LogP contribution in [-0.4, -0.2) is 20.2 Å². The molecule has 0 aliphatic rings. The Kier molecular flexibility index (Phi) is 6.29. The standard InChI is InChI=1S/C22H31NOSi/c1-16(2)25(17(3)4,18(5)6)15-9-10-19-12-13-21(24-7)20-11-8-14-23-22(19)20/h8,11-14,16-18H,10H2,1-7H3. The highest BCUT2D eigenvalue weighted by Gasteiger charge is 2.41. The molecule has 0 aliphatic heterocycles. The van der Waals surface area contributed by atoms with Crippen LogP contribution in [0.25, 0.3) is 10.9 Å². The number of benzene rings is 1. The number of fused-ring (bicyclic) bond motifs is 1. The van der Waals surface area contributed by atoms with Crippen molar-refractivity contribution in [3.05, 3.63) is 36.0 Å². The Balaban J connectivity index is 2.43. The Morgan fingerprint density at radius 3 is 2.20 bits per heavy atom. The molecular formula is C22H31NOSi. The van der Waals surface area contributed by atoms with E-state index in [-0.39, 0.29) is 0 Å². The predicted molar refractivity (Wildman–Crippen MR) is 111 cm³/mol. The van der Waals surface area contributed by atoms with E-state index in [9.17, 15) is 0 Å². The number of rotatable bonds is 5. The summed E-state index contributed by atoms with van der Waals surface area (Å²) in [6.45, 7) is 14.1. The second kappa shape index (κ2) is 8.06. The lowest BCUT2D eigenvalue weighted by Crippen LogP contribution is -2.43. The molecule has 0 radical (unpaired) electrons. The molecule has 0 aliphatic carbocycles. The van der Waals surface area contributed by atoms with Gasteiger partial charge in [-0.1, -0.05) is 47.6 Å². The van der Waals surface area contributed by atoms with E-state index in [2.05, 4.69) is 70.1 Å². The number of methoxy groups -OCH3 is 1. The first-order chi connectivity index (χ1) is 11.8. The molecule has 0 spiro atoms. The van der Waals surface area contributed by atoms with Gasteiger partial charge in [-0.2, -0.15) is 0 Å². The Hall–Kier alpha value is -1.79. The first-order valence-electron chi connectivity index (χ1n) is 9.25. The molecule has 0 amide bonds. The van der Waals surface area contributed by atoms with Crippen molar-refractivity contribution >= 4 is 19.0 Å². The summed E-state index contributed by atoms with van der Waals surface area (Å²) in [5.41, 5.74) is 7.96. The van der Waals surface area contributed by atoms with Crippen LogP contribution in [0, 0.1) is 11.5 Å². The first-order valence-corrected chi connectivity index (χ1v) is 11.5. The number of ether oxygens (including phenoxy) is 1. The maximum atomic E-state index is 5.47. The summed E-state index contributed by atoms with van der Waals surface area (Å²) in [5, 5.41) is 1.06. The van der Waals surface area contributed by atoms with E-state index in [0.29, 0.717) is 16.6 Å². The van der Waals surface area contributed by atoms with Crippen LogP contribution in [0.15, 0.2) is 30.5 Å². The fourth-order valence-electron chi connectivity index (χ4n) is 4.25. The van der Waals surface area contributed by atoms with Gasteiger partial charge in [0.05, 0.1) is 12.6 Å². The van der Waals surface area contributed by atoms with Crippen LogP contribution in [0.5, 0.6) is 5.75 Å². The Morgan fingerprint density at radius 1 is 1.00 bits per heavy atom. The molecule has 0 N–H and O–H groups in total. The van der Waals surface area contributed by atoms with Crippen LogP contribution in [-0.2, 0) is 6.42 Å². The molecule has 0 unspecified atom stereocenters. The molecule has 134 valence electrons. The van der Waals surface area contributed by atoms with E-state index in [4.69, 9.17) is 4.74 Å². The molecule has 0 fully saturated rings. The maximum absolute atomic E-state index is 5.47. The molecule has 1 heterocycles. The van der Waals surface area contributed by atoms with Crippen molar-refractivity contribution in [2.45, 2.75) is 64.6 Å². The summed E-state index contributed by atoms with van der Waals surface area (Å²) < 4.78 is 5.47. The molecule has 0 bridgehead atoms. The van der Waals surface area contributed by atoms with Crippen LogP contribution in [0.4, 0.5) is 0 Å². The third-order valence-corrected chi connectivity index (χ3v) is 11.8. The van der Waals surface area contributed by atoms with E-state index in [0.717, 1.165) is 23.1 Å². The zero-order chi connectivity index (χ0) is 18.6. The average Bonchev–Trinajstić information content (AvgIpc) is 2.57. The van der Waals surface area contributed by atoms with Gasteiger partial charge in [0, 0.05) is 18.0 Å². The molecule has 2 aromatic rings. The molecular weight excluding hydrogens is 322 g/mol. The van der Waals surface area contributed by atoms with Gasteiger partial charge in [0.15, 0.2) is 0 Å². The van der Waals surface area contributed by atoms with Gasteiger partial charge in [-0.15, -0.1) is 11.5 Å². The maximum Gasteiger partial charge on any atom is 0.145 e. The zero-order valence-electron chi connectivity index (χ0n) is 16.7. The zero-order valence-corrected chi connectivity index (χ0v) is 17.7. The number of aromatic nitrogens is 1. The van der Waals surface area contributed by atoms with Gasteiger partial charge in [-0.25, -0.2) is 0 Å². The molecule has 2 rings (SSSR count). The van der Waals surface area contributed by atoms with E-state index in [1.165, 1.54) is 5.56 Å². The number of pyridine rings is 1. The van der Waals surface area contributed by atoms with Crippen molar-refractivity contribution < 1.29 is 4.74 Å². The minimum absolute atomic E-state index is 0.658. The summed E-state index contributed by atoms with van der Waals surface area (Å²) in [5.74, 6) is 4.42. The van der Waals surface area contributed by atoms with Crippen LogP contribution < -0.4 is 4.74 Å². The lowest BCUT2D eigenvalue weighted by atomic mass is 10.1. The van der Waals surface area contributed by atoms with Crippen molar-refractivity contribution in [3.8, 4) is 17.2 Å². The fourth-order valence-corrected chi connectivity index (χ4v) is 9.51. The minimum Gasteiger partial charge on any atom is -0.496 e. The highest BCUT2D eigenvalue weighted by molar-refractivity contribution is 6.90.